The zero-order valence-corrected chi connectivity index (χ0v) is 11.5. The third kappa shape index (κ3) is 1.89. The predicted molar refractivity (Wildman–Crippen MR) is 74.9 cm³/mol. The van der Waals surface area contributed by atoms with Crippen molar-refractivity contribution in [3.63, 3.8) is 0 Å². The molecule has 0 bridgehead atoms. The maximum Gasteiger partial charge on any atom is 0.269 e. The Labute approximate surface area is 125 Å². The molecular formula is C15H11FN6. The van der Waals surface area contributed by atoms with Crippen molar-refractivity contribution >= 4 is 0 Å². The van der Waals surface area contributed by atoms with E-state index in [9.17, 15) is 4.39 Å². The number of halogens is 1. The summed E-state index contributed by atoms with van der Waals surface area (Å²) in [5.41, 5.74) is 1.41. The minimum atomic E-state index is -1.16. The number of hydrogen-bond donors (Lipinski definition) is 0. The largest absolute Gasteiger partial charge is 0.269 e. The summed E-state index contributed by atoms with van der Waals surface area (Å²) in [6.45, 7) is 0. The molecule has 2 atom stereocenters. The number of benzene rings is 1. The smallest absolute Gasteiger partial charge is 0.239 e. The molecule has 0 fully saturated rings. The van der Waals surface area contributed by atoms with Crippen LogP contribution >= 0.6 is 0 Å². The van der Waals surface area contributed by atoms with Crippen molar-refractivity contribution in [3.8, 4) is 12.0 Å². The van der Waals surface area contributed by atoms with Gasteiger partial charge in [-0.05, 0) is 5.56 Å². The summed E-state index contributed by atoms with van der Waals surface area (Å²) in [5.74, 6) is 0.581. The summed E-state index contributed by atoms with van der Waals surface area (Å²) in [4.78, 5) is 4.23. The van der Waals surface area contributed by atoms with Gasteiger partial charge in [0.15, 0.2) is 12.0 Å². The number of nitrogens with zero attached hydrogens (tertiary/aromatic N) is 6. The molecule has 7 heteroatoms. The average molecular weight is 294 g/mol. The van der Waals surface area contributed by atoms with Gasteiger partial charge in [0.05, 0.1) is 24.0 Å². The lowest BCUT2D eigenvalue weighted by molar-refractivity contribution is 0.328. The molecular weight excluding hydrogens is 283 g/mol. The van der Waals surface area contributed by atoms with E-state index in [4.69, 9.17) is 5.26 Å². The maximum absolute atomic E-state index is 14.2. The van der Waals surface area contributed by atoms with Gasteiger partial charge in [-0.15, -0.1) is 5.10 Å². The van der Waals surface area contributed by atoms with Crippen LogP contribution in [0.15, 0.2) is 42.7 Å². The lowest BCUT2D eigenvalue weighted by atomic mass is 10.0. The molecule has 3 aromatic rings. The Hall–Kier alpha value is -3.01. The highest BCUT2D eigenvalue weighted by atomic mass is 19.1. The third-order valence-corrected chi connectivity index (χ3v) is 3.75. The standard InChI is InChI=1S/C15H11FN6/c16-12-6-13(11-4-2-1-3-5-11)22-14(12)19-15(20-22)21-9-10(7-17)8-18-21/h1-5,8-9,12-13H,6H2/t12-,13-/m0/s1. The van der Waals surface area contributed by atoms with Crippen LogP contribution < -0.4 is 0 Å². The first kappa shape index (κ1) is 12.7. The molecule has 3 heterocycles. The van der Waals surface area contributed by atoms with Crippen LogP contribution in [0.5, 0.6) is 0 Å². The van der Waals surface area contributed by atoms with Gasteiger partial charge in [0.1, 0.15) is 6.07 Å². The molecule has 0 saturated heterocycles. The molecule has 2 aromatic heterocycles. The van der Waals surface area contributed by atoms with E-state index in [1.165, 1.54) is 17.1 Å². The lowest BCUT2D eigenvalue weighted by Crippen LogP contribution is -2.08. The highest BCUT2D eigenvalue weighted by Gasteiger charge is 2.35. The number of nitriles is 1. The molecule has 0 unspecified atom stereocenters. The molecule has 0 amide bonds. The molecule has 0 N–H and O–H groups in total. The fraction of sp³-hybridized carbons (Fsp3) is 0.200. The molecule has 4 rings (SSSR count). The first-order valence-corrected chi connectivity index (χ1v) is 6.87. The fourth-order valence-electron chi connectivity index (χ4n) is 2.71. The molecule has 0 radical (unpaired) electrons. The zero-order valence-electron chi connectivity index (χ0n) is 11.5. The van der Waals surface area contributed by atoms with E-state index in [1.807, 2.05) is 36.4 Å². The molecule has 0 saturated carbocycles. The Balaban J connectivity index is 1.76. The van der Waals surface area contributed by atoms with Gasteiger partial charge < -0.3 is 0 Å². The second-order valence-electron chi connectivity index (χ2n) is 5.13. The van der Waals surface area contributed by atoms with Crippen LogP contribution in [0.4, 0.5) is 4.39 Å². The number of aromatic nitrogens is 5. The number of hydrogen-bond acceptors (Lipinski definition) is 4. The van der Waals surface area contributed by atoms with Crippen molar-refractivity contribution < 1.29 is 4.39 Å². The minimum absolute atomic E-state index is 0.168. The lowest BCUT2D eigenvalue weighted by Gasteiger charge is -2.11. The van der Waals surface area contributed by atoms with Crippen LogP contribution in [0.1, 0.15) is 35.6 Å². The molecule has 22 heavy (non-hydrogen) atoms. The van der Waals surface area contributed by atoms with E-state index in [2.05, 4.69) is 15.2 Å². The summed E-state index contributed by atoms with van der Waals surface area (Å²) < 4.78 is 17.2. The van der Waals surface area contributed by atoms with E-state index in [0.717, 1.165) is 5.56 Å². The van der Waals surface area contributed by atoms with Gasteiger partial charge in [0.25, 0.3) is 5.95 Å². The summed E-state index contributed by atoms with van der Waals surface area (Å²) in [5, 5.41) is 17.2. The second kappa shape index (κ2) is 4.77. The van der Waals surface area contributed by atoms with Gasteiger partial charge in [-0.2, -0.15) is 15.3 Å². The third-order valence-electron chi connectivity index (χ3n) is 3.75. The number of fused-ring (bicyclic) bond motifs is 1. The molecule has 0 aliphatic carbocycles. The Morgan fingerprint density at radius 3 is 2.82 bits per heavy atom. The first-order chi connectivity index (χ1) is 10.8. The minimum Gasteiger partial charge on any atom is -0.239 e. The Kier molecular flexibility index (Phi) is 2.76. The number of rotatable bonds is 2. The van der Waals surface area contributed by atoms with Gasteiger partial charge in [-0.1, -0.05) is 30.3 Å². The van der Waals surface area contributed by atoms with Gasteiger partial charge >= 0.3 is 0 Å². The normalized spacial score (nSPS) is 19.8. The maximum atomic E-state index is 14.2. The van der Waals surface area contributed by atoms with Crippen LogP contribution in [0.25, 0.3) is 5.95 Å². The Morgan fingerprint density at radius 2 is 2.09 bits per heavy atom. The second-order valence-corrected chi connectivity index (χ2v) is 5.13. The van der Waals surface area contributed by atoms with Crippen LogP contribution in [0, 0.1) is 11.3 Å². The molecule has 1 aliphatic rings. The van der Waals surface area contributed by atoms with E-state index < -0.39 is 6.17 Å². The quantitative estimate of drug-likeness (QED) is 0.727. The van der Waals surface area contributed by atoms with Crippen LogP contribution in [0.3, 0.4) is 0 Å². The summed E-state index contributed by atoms with van der Waals surface area (Å²) in [6.07, 6.45) is 2.13. The SMILES string of the molecule is N#Cc1cnn(-c2nc3n(n2)[C@H](c2ccccc2)C[C@@H]3F)c1. The van der Waals surface area contributed by atoms with Crippen molar-refractivity contribution in [1.82, 2.24) is 24.5 Å². The van der Waals surface area contributed by atoms with Crippen molar-refractivity contribution in [2.24, 2.45) is 0 Å². The van der Waals surface area contributed by atoms with Gasteiger partial charge in [0, 0.05) is 6.42 Å². The molecule has 1 aliphatic heterocycles. The topological polar surface area (TPSA) is 72.3 Å². The zero-order chi connectivity index (χ0) is 15.1. The predicted octanol–water partition coefficient (Wildman–Crippen LogP) is 2.34. The monoisotopic (exact) mass is 294 g/mol. The van der Waals surface area contributed by atoms with Crippen molar-refractivity contribution in [2.75, 3.05) is 0 Å². The summed E-state index contributed by atoms with van der Waals surface area (Å²) in [6, 6.07) is 11.5. The summed E-state index contributed by atoms with van der Waals surface area (Å²) in [7, 11) is 0. The molecule has 1 aromatic carbocycles. The van der Waals surface area contributed by atoms with Crippen LogP contribution in [-0.4, -0.2) is 24.5 Å². The molecule has 6 nitrogen and oxygen atoms in total. The van der Waals surface area contributed by atoms with Crippen molar-refractivity contribution in [3.05, 3.63) is 59.7 Å². The van der Waals surface area contributed by atoms with Crippen LogP contribution in [-0.2, 0) is 0 Å². The van der Waals surface area contributed by atoms with E-state index >= 15 is 0 Å². The van der Waals surface area contributed by atoms with Crippen molar-refractivity contribution in [2.45, 2.75) is 18.6 Å². The number of alkyl halides is 1. The molecule has 108 valence electrons. The highest BCUT2D eigenvalue weighted by Crippen LogP contribution is 2.39. The highest BCUT2D eigenvalue weighted by molar-refractivity contribution is 5.28. The average Bonchev–Trinajstić information content (AvgIpc) is 3.24. The fourth-order valence-corrected chi connectivity index (χ4v) is 2.71. The van der Waals surface area contributed by atoms with Crippen LogP contribution in [0.2, 0.25) is 0 Å². The van der Waals surface area contributed by atoms with Crippen molar-refractivity contribution in [1.29, 1.82) is 5.26 Å². The van der Waals surface area contributed by atoms with Gasteiger partial charge in [0.2, 0.25) is 0 Å². The van der Waals surface area contributed by atoms with E-state index in [-0.39, 0.29) is 12.0 Å². The van der Waals surface area contributed by atoms with Gasteiger partial charge in [-0.25, -0.2) is 13.8 Å². The summed E-state index contributed by atoms with van der Waals surface area (Å²) >= 11 is 0. The van der Waals surface area contributed by atoms with E-state index in [1.54, 1.807) is 4.68 Å². The molecule has 0 spiro atoms. The Morgan fingerprint density at radius 1 is 1.27 bits per heavy atom. The van der Waals surface area contributed by atoms with Gasteiger partial charge in [-0.3, -0.25) is 0 Å². The van der Waals surface area contributed by atoms with E-state index in [0.29, 0.717) is 17.8 Å². The first-order valence-electron chi connectivity index (χ1n) is 6.87. The Bertz CT molecular complexity index is 860.